The first kappa shape index (κ1) is 30.8. The smallest absolute Gasteiger partial charge is 0.422 e. The summed E-state index contributed by atoms with van der Waals surface area (Å²) in [5.74, 6) is -7.26. The van der Waals surface area contributed by atoms with Crippen molar-refractivity contribution in [1.82, 2.24) is 4.72 Å². The van der Waals surface area contributed by atoms with Crippen LogP contribution >= 0.6 is 0 Å². The van der Waals surface area contributed by atoms with E-state index in [4.69, 9.17) is 56.3 Å². The molecule has 6 saturated heterocycles. The number of carbonyl (C=O) groups excluding carboxylic acids is 1. The second-order valence-corrected chi connectivity index (χ2v) is 14.3. The van der Waals surface area contributed by atoms with Gasteiger partial charge in [-0.15, -0.1) is 0 Å². The van der Waals surface area contributed by atoms with E-state index in [1.54, 1.807) is 60.1 Å². The summed E-state index contributed by atoms with van der Waals surface area (Å²) in [6.07, 6.45) is -5.12. The van der Waals surface area contributed by atoms with Crippen LogP contribution in [-0.2, 0) is 66.6 Å². The van der Waals surface area contributed by atoms with Crippen LogP contribution in [0.3, 0.4) is 0 Å². The van der Waals surface area contributed by atoms with Crippen LogP contribution < -0.4 is 4.72 Å². The fraction of sp³-hybridized carbons (Fsp3) is 0.960. The number of fused-ring (bicyclic) bond motifs is 6. The number of amides is 1. The third kappa shape index (κ3) is 5.67. The first-order valence-corrected chi connectivity index (χ1v) is 15.2. The van der Waals surface area contributed by atoms with Crippen molar-refractivity contribution in [2.45, 2.75) is 127 Å². The molecule has 16 nitrogen and oxygen atoms in total. The van der Waals surface area contributed by atoms with E-state index in [1.165, 1.54) is 0 Å². The molecule has 0 aromatic rings. The molecule has 6 heterocycles. The molecule has 42 heavy (non-hydrogen) atoms. The van der Waals surface area contributed by atoms with Crippen molar-refractivity contribution in [3.63, 3.8) is 0 Å². The number of hydrogen-bond acceptors (Lipinski definition) is 15. The normalized spacial score (nSPS) is 44.1. The fourth-order valence-corrected chi connectivity index (χ4v) is 7.02. The Balaban J connectivity index is 1.09. The SMILES string of the molecule is CC1(C)O[C@H]2[C@H](CO[C@]3(COC(=O)NS(=O)(=O)OC[C@@]45OC[C@H]6OC(C)(C)O[C@H]6[C@@H]4OC(C)(C)O5)OC(C)(C)O[C@H]23)O1. The van der Waals surface area contributed by atoms with Gasteiger partial charge in [-0.3, -0.25) is 0 Å². The predicted octanol–water partition coefficient (Wildman–Crippen LogP) is 0.770. The highest BCUT2D eigenvalue weighted by molar-refractivity contribution is 7.85. The average Bonchev–Trinajstić information content (AvgIpc) is 3.50. The van der Waals surface area contributed by atoms with E-state index in [1.807, 2.05) is 0 Å². The third-order valence-corrected chi connectivity index (χ3v) is 8.42. The maximum atomic E-state index is 12.8. The summed E-state index contributed by atoms with van der Waals surface area (Å²) < 4.78 is 97.4. The number of hydrogen-bond donors (Lipinski definition) is 1. The Kier molecular flexibility index (Phi) is 7.07. The van der Waals surface area contributed by atoms with E-state index in [-0.39, 0.29) is 13.2 Å². The lowest BCUT2D eigenvalue weighted by Crippen LogP contribution is -2.61. The maximum Gasteiger partial charge on any atom is 0.422 e. The summed E-state index contributed by atoms with van der Waals surface area (Å²) in [4.78, 5) is 12.7. The van der Waals surface area contributed by atoms with E-state index in [9.17, 15) is 13.2 Å². The van der Waals surface area contributed by atoms with Crippen molar-refractivity contribution in [2.75, 3.05) is 26.4 Å². The quantitative estimate of drug-likeness (QED) is 0.438. The summed E-state index contributed by atoms with van der Waals surface area (Å²) in [7, 11) is -4.71. The van der Waals surface area contributed by atoms with Gasteiger partial charge in [-0.25, -0.2) is 8.98 Å². The van der Waals surface area contributed by atoms with E-state index >= 15 is 0 Å². The zero-order valence-electron chi connectivity index (χ0n) is 24.8. The van der Waals surface area contributed by atoms with Gasteiger partial charge >= 0.3 is 16.4 Å². The van der Waals surface area contributed by atoms with Gasteiger partial charge in [0, 0.05) is 0 Å². The van der Waals surface area contributed by atoms with Gasteiger partial charge in [0.05, 0.1) is 13.2 Å². The summed E-state index contributed by atoms with van der Waals surface area (Å²) in [6, 6.07) is 0. The number of rotatable bonds is 6. The molecule has 0 bridgehead atoms. The van der Waals surface area contributed by atoms with Crippen LogP contribution in [0.1, 0.15) is 55.4 Å². The van der Waals surface area contributed by atoms with Gasteiger partial charge in [0.15, 0.2) is 29.8 Å². The second-order valence-electron chi connectivity index (χ2n) is 13.0. The number of ether oxygens (including phenoxy) is 11. The molecule has 6 rings (SSSR count). The van der Waals surface area contributed by atoms with E-state index < -0.39 is 101 Å². The van der Waals surface area contributed by atoms with E-state index in [0.717, 1.165) is 0 Å². The molecule has 240 valence electrons. The number of carbonyl (C=O) groups is 1. The van der Waals surface area contributed by atoms with Gasteiger partial charge in [0.2, 0.25) is 11.6 Å². The molecule has 0 unspecified atom stereocenters. The van der Waals surface area contributed by atoms with Gasteiger partial charge in [-0.05, 0) is 55.4 Å². The van der Waals surface area contributed by atoms with Crippen LogP contribution in [0.5, 0.6) is 0 Å². The van der Waals surface area contributed by atoms with Gasteiger partial charge in [0.25, 0.3) is 0 Å². The Bertz CT molecular complexity index is 1210. The highest BCUT2D eigenvalue weighted by Crippen LogP contribution is 2.49. The topological polar surface area (TPSA) is 174 Å². The Labute approximate surface area is 244 Å². The van der Waals surface area contributed by atoms with Gasteiger partial charge in [-0.2, -0.15) is 13.1 Å². The lowest BCUT2D eigenvalue weighted by molar-refractivity contribution is -0.293. The van der Waals surface area contributed by atoms with Crippen molar-refractivity contribution in [1.29, 1.82) is 0 Å². The molecule has 1 amide bonds. The molecule has 0 saturated carbocycles. The molecule has 0 aliphatic carbocycles. The minimum absolute atomic E-state index is 0.0401. The van der Waals surface area contributed by atoms with Gasteiger partial charge < -0.3 is 52.1 Å². The van der Waals surface area contributed by atoms with E-state index in [0.29, 0.717) is 0 Å². The molecule has 6 fully saturated rings. The summed E-state index contributed by atoms with van der Waals surface area (Å²) in [5.41, 5.74) is 0. The largest absolute Gasteiger partial charge is 0.443 e. The second kappa shape index (κ2) is 9.64. The molecule has 17 heteroatoms. The molecule has 6 aliphatic rings. The third-order valence-electron chi connectivity index (χ3n) is 7.58. The summed E-state index contributed by atoms with van der Waals surface area (Å²) >= 11 is 0. The molecule has 0 radical (unpaired) electrons. The van der Waals surface area contributed by atoms with E-state index in [2.05, 4.69) is 0 Å². The minimum Gasteiger partial charge on any atom is -0.443 e. The van der Waals surface area contributed by atoms with Crippen LogP contribution in [0.4, 0.5) is 4.79 Å². The molecule has 6 aliphatic heterocycles. The standard InChI is InChI=1S/C25H39NO15S/c1-20(2)34-13-9-31-24(17(15(13)36-20)38-22(5,6)40-24)11-30-19(27)26-42(28,29)33-12-25-18(39-23(7,8)41-25)16-14(10-32-25)35-21(3,4)37-16/h13-18H,9-12H2,1-8H3,(H,26,27)/t13-,14+,15-,16+,17+,18-,24+,25-/m0/s1. The Morgan fingerprint density at radius 1 is 0.690 bits per heavy atom. The Morgan fingerprint density at radius 3 is 1.62 bits per heavy atom. The van der Waals surface area contributed by atoms with Crippen molar-refractivity contribution in [2.24, 2.45) is 0 Å². The molecule has 1 N–H and O–H groups in total. The van der Waals surface area contributed by atoms with Crippen LogP contribution in [0.15, 0.2) is 0 Å². The molecule has 0 aromatic carbocycles. The first-order chi connectivity index (χ1) is 19.2. The molecule has 0 spiro atoms. The summed E-state index contributed by atoms with van der Waals surface area (Å²) in [6.45, 7) is 12.6. The zero-order valence-corrected chi connectivity index (χ0v) is 25.6. The van der Waals surface area contributed by atoms with Crippen LogP contribution in [0.2, 0.25) is 0 Å². The van der Waals surface area contributed by atoms with Crippen molar-refractivity contribution >= 4 is 16.4 Å². The molecule has 8 atom stereocenters. The monoisotopic (exact) mass is 625 g/mol. The molecular formula is C25H39NO15S. The number of nitrogens with one attached hydrogen (secondary N) is 1. The highest BCUT2D eigenvalue weighted by Gasteiger charge is 2.67. The highest BCUT2D eigenvalue weighted by atomic mass is 32.2. The Hall–Kier alpha value is -1.22. The minimum atomic E-state index is -4.71. The zero-order chi connectivity index (χ0) is 30.6. The van der Waals surface area contributed by atoms with Crippen molar-refractivity contribution < 1.29 is 69.5 Å². The lowest BCUT2D eigenvalue weighted by Gasteiger charge is -2.40. The summed E-state index contributed by atoms with van der Waals surface area (Å²) in [5, 5.41) is 0. The van der Waals surface area contributed by atoms with Crippen LogP contribution in [0, 0.1) is 0 Å². The maximum absolute atomic E-state index is 12.8. The van der Waals surface area contributed by atoms with Gasteiger partial charge in [-0.1, -0.05) is 0 Å². The van der Waals surface area contributed by atoms with Crippen LogP contribution in [0.25, 0.3) is 0 Å². The average molecular weight is 626 g/mol. The van der Waals surface area contributed by atoms with Crippen molar-refractivity contribution in [3.8, 4) is 0 Å². The first-order valence-electron chi connectivity index (χ1n) is 13.8. The molecule has 0 aromatic heterocycles. The lowest BCUT2D eigenvalue weighted by atomic mass is 9.97. The Morgan fingerprint density at radius 2 is 1.14 bits per heavy atom. The fourth-order valence-electron chi connectivity index (χ4n) is 6.38. The predicted molar refractivity (Wildman–Crippen MR) is 134 cm³/mol. The van der Waals surface area contributed by atoms with Gasteiger partial charge in [0.1, 0.15) is 43.2 Å². The van der Waals surface area contributed by atoms with Crippen molar-refractivity contribution in [3.05, 3.63) is 0 Å². The van der Waals surface area contributed by atoms with Crippen LogP contribution in [-0.4, -0.2) is 112 Å². The molecular weight excluding hydrogens is 586 g/mol.